The summed E-state index contributed by atoms with van der Waals surface area (Å²) in [6.45, 7) is 1.30. The number of rotatable bonds is 5. The first-order valence-electron chi connectivity index (χ1n) is 6.80. The highest BCUT2D eigenvalue weighted by Crippen LogP contribution is 2.17. The van der Waals surface area contributed by atoms with Crippen molar-refractivity contribution in [3.63, 3.8) is 0 Å². The van der Waals surface area contributed by atoms with Crippen LogP contribution in [0.2, 0.25) is 0 Å². The molecule has 0 fully saturated rings. The lowest BCUT2D eigenvalue weighted by Crippen LogP contribution is -2.26. The largest absolute Gasteiger partial charge is 0.351 e. The monoisotopic (exact) mass is 284 g/mol. The Morgan fingerprint density at radius 2 is 2.19 bits per heavy atom. The topological polar surface area (TPSA) is 77.6 Å². The molecule has 7 nitrogen and oxygen atoms in total. The number of benzene rings is 1. The highest BCUT2D eigenvalue weighted by atomic mass is 16.1. The molecule has 0 saturated carbocycles. The number of amides is 1. The van der Waals surface area contributed by atoms with E-state index in [1.165, 1.54) is 0 Å². The Morgan fingerprint density at radius 3 is 3.00 bits per heavy atom. The fraction of sp³-hybridized carbons (Fsp3) is 0.286. The van der Waals surface area contributed by atoms with Gasteiger partial charge in [0.15, 0.2) is 5.69 Å². The van der Waals surface area contributed by atoms with Crippen molar-refractivity contribution in [1.29, 1.82) is 0 Å². The van der Waals surface area contributed by atoms with Gasteiger partial charge in [-0.05, 0) is 12.5 Å². The fourth-order valence-electron chi connectivity index (χ4n) is 2.26. The van der Waals surface area contributed by atoms with Crippen LogP contribution in [0.3, 0.4) is 0 Å². The minimum Gasteiger partial charge on any atom is -0.351 e. The molecule has 7 heteroatoms. The molecule has 2 aromatic heterocycles. The molecule has 1 amide bonds. The van der Waals surface area contributed by atoms with Gasteiger partial charge in [-0.25, -0.2) is 0 Å². The average molecular weight is 284 g/mol. The molecule has 1 N–H and O–H groups in total. The van der Waals surface area contributed by atoms with Gasteiger partial charge in [0.25, 0.3) is 5.91 Å². The molecule has 0 aliphatic carbocycles. The molecule has 3 rings (SSSR count). The van der Waals surface area contributed by atoms with Gasteiger partial charge >= 0.3 is 0 Å². The van der Waals surface area contributed by atoms with Crippen LogP contribution in [0, 0.1) is 0 Å². The number of nitrogens with zero attached hydrogens (tertiary/aromatic N) is 5. The van der Waals surface area contributed by atoms with Gasteiger partial charge in [-0.2, -0.15) is 5.10 Å². The van der Waals surface area contributed by atoms with E-state index >= 15 is 0 Å². The summed E-state index contributed by atoms with van der Waals surface area (Å²) in [6, 6.07) is 7.70. The lowest BCUT2D eigenvalue weighted by molar-refractivity contribution is 0.0948. The van der Waals surface area contributed by atoms with Crippen molar-refractivity contribution in [3.8, 4) is 0 Å². The minimum absolute atomic E-state index is 0.148. The van der Waals surface area contributed by atoms with Crippen molar-refractivity contribution in [2.45, 2.75) is 13.0 Å². The first kappa shape index (κ1) is 13.3. The summed E-state index contributed by atoms with van der Waals surface area (Å²) in [5, 5.41) is 15.7. The van der Waals surface area contributed by atoms with Crippen LogP contribution in [0.1, 0.15) is 16.9 Å². The average Bonchev–Trinajstić information content (AvgIpc) is 3.12. The Hall–Kier alpha value is -2.70. The van der Waals surface area contributed by atoms with Crippen LogP contribution < -0.4 is 5.32 Å². The number of carbonyl (C=O) groups is 1. The molecule has 0 atom stereocenters. The maximum Gasteiger partial charge on any atom is 0.272 e. The van der Waals surface area contributed by atoms with E-state index in [9.17, 15) is 4.79 Å². The van der Waals surface area contributed by atoms with Crippen molar-refractivity contribution >= 4 is 16.8 Å². The molecule has 0 aliphatic rings. The molecule has 108 valence electrons. The summed E-state index contributed by atoms with van der Waals surface area (Å²) in [7, 11) is 1.84. The van der Waals surface area contributed by atoms with Gasteiger partial charge in [0, 0.05) is 31.7 Å². The maximum absolute atomic E-state index is 12.2. The van der Waals surface area contributed by atoms with Crippen molar-refractivity contribution in [3.05, 3.63) is 42.4 Å². The van der Waals surface area contributed by atoms with Gasteiger partial charge in [0.05, 0.1) is 11.7 Å². The number of aryl methyl sites for hydroxylation is 2. The number of carbonyl (C=O) groups excluding carboxylic acids is 1. The van der Waals surface area contributed by atoms with Crippen LogP contribution in [0.25, 0.3) is 10.9 Å². The van der Waals surface area contributed by atoms with Gasteiger partial charge in [-0.1, -0.05) is 23.4 Å². The predicted octanol–water partition coefficient (Wildman–Crippen LogP) is 0.985. The van der Waals surface area contributed by atoms with E-state index in [1.54, 1.807) is 21.8 Å². The standard InChI is InChI=1S/C14H16N6O/c1-19-12-6-3-2-5-11(12)13(17-19)14(21)15-7-4-9-20-10-8-16-18-20/h2-3,5-6,8,10H,4,7,9H2,1H3,(H,15,21). The lowest BCUT2D eigenvalue weighted by atomic mass is 10.2. The van der Waals surface area contributed by atoms with E-state index < -0.39 is 0 Å². The SMILES string of the molecule is Cn1nc(C(=O)NCCCn2ccnn2)c2ccccc21. The van der Waals surface area contributed by atoms with Gasteiger partial charge in [0.1, 0.15) is 0 Å². The van der Waals surface area contributed by atoms with Crippen molar-refractivity contribution in [2.75, 3.05) is 6.54 Å². The molecule has 0 saturated heterocycles. The Morgan fingerprint density at radius 1 is 1.33 bits per heavy atom. The van der Waals surface area contributed by atoms with E-state index in [4.69, 9.17) is 0 Å². The van der Waals surface area contributed by atoms with E-state index in [1.807, 2.05) is 31.3 Å². The number of fused-ring (bicyclic) bond motifs is 1. The van der Waals surface area contributed by atoms with Gasteiger partial charge < -0.3 is 5.32 Å². The summed E-state index contributed by atoms with van der Waals surface area (Å²) in [6.07, 6.45) is 4.23. The molecule has 0 bridgehead atoms. The molecular formula is C14H16N6O. The van der Waals surface area contributed by atoms with Gasteiger partial charge in [0.2, 0.25) is 0 Å². The fourth-order valence-corrected chi connectivity index (χ4v) is 2.26. The number of para-hydroxylation sites is 1. The Bertz CT molecular complexity index is 746. The first-order valence-corrected chi connectivity index (χ1v) is 6.80. The van der Waals surface area contributed by atoms with Crippen LogP contribution in [0.4, 0.5) is 0 Å². The summed E-state index contributed by atoms with van der Waals surface area (Å²) in [5.41, 5.74) is 1.42. The third kappa shape index (κ3) is 2.76. The maximum atomic E-state index is 12.2. The van der Waals surface area contributed by atoms with Crippen LogP contribution in [-0.4, -0.2) is 37.2 Å². The number of hydrogen-bond donors (Lipinski definition) is 1. The van der Waals surface area contributed by atoms with E-state index in [-0.39, 0.29) is 5.91 Å². The van der Waals surface area contributed by atoms with Crippen LogP contribution in [0.5, 0.6) is 0 Å². The third-order valence-electron chi connectivity index (χ3n) is 3.29. The first-order chi connectivity index (χ1) is 10.3. The molecular weight excluding hydrogens is 268 g/mol. The normalized spacial score (nSPS) is 10.9. The molecule has 0 spiro atoms. The molecule has 0 aliphatic heterocycles. The van der Waals surface area contributed by atoms with Crippen LogP contribution in [-0.2, 0) is 13.6 Å². The molecule has 3 aromatic rings. The number of aromatic nitrogens is 5. The van der Waals surface area contributed by atoms with Crippen LogP contribution >= 0.6 is 0 Å². The molecule has 1 aromatic carbocycles. The summed E-state index contributed by atoms with van der Waals surface area (Å²) >= 11 is 0. The minimum atomic E-state index is -0.148. The Balaban J connectivity index is 1.62. The Labute approximate surface area is 121 Å². The third-order valence-corrected chi connectivity index (χ3v) is 3.29. The second-order valence-corrected chi connectivity index (χ2v) is 4.76. The zero-order valence-electron chi connectivity index (χ0n) is 11.7. The zero-order valence-corrected chi connectivity index (χ0v) is 11.7. The van der Waals surface area contributed by atoms with E-state index in [0.717, 1.165) is 23.9 Å². The van der Waals surface area contributed by atoms with Crippen molar-refractivity contribution < 1.29 is 4.79 Å². The molecule has 0 radical (unpaired) electrons. The molecule has 0 unspecified atom stereocenters. The smallest absolute Gasteiger partial charge is 0.272 e. The quantitative estimate of drug-likeness (QED) is 0.709. The highest BCUT2D eigenvalue weighted by Gasteiger charge is 2.14. The van der Waals surface area contributed by atoms with Crippen LogP contribution in [0.15, 0.2) is 36.7 Å². The number of nitrogens with one attached hydrogen (secondary N) is 1. The predicted molar refractivity (Wildman–Crippen MR) is 77.7 cm³/mol. The van der Waals surface area contributed by atoms with Gasteiger partial charge in [-0.3, -0.25) is 14.2 Å². The second kappa shape index (κ2) is 5.74. The summed E-state index contributed by atoms with van der Waals surface area (Å²) in [4.78, 5) is 12.2. The van der Waals surface area contributed by atoms with Gasteiger partial charge in [-0.15, -0.1) is 5.10 Å². The summed E-state index contributed by atoms with van der Waals surface area (Å²) < 4.78 is 3.46. The molecule has 2 heterocycles. The summed E-state index contributed by atoms with van der Waals surface area (Å²) in [5.74, 6) is -0.148. The molecule has 21 heavy (non-hydrogen) atoms. The number of hydrogen-bond acceptors (Lipinski definition) is 4. The zero-order chi connectivity index (χ0) is 14.7. The van der Waals surface area contributed by atoms with Crippen molar-refractivity contribution in [1.82, 2.24) is 30.1 Å². The van der Waals surface area contributed by atoms with E-state index in [2.05, 4.69) is 20.7 Å². The van der Waals surface area contributed by atoms with Crippen molar-refractivity contribution in [2.24, 2.45) is 7.05 Å². The Kier molecular flexibility index (Phi) is 3.63. The second-order valence-electron chi connectivity index (χ2n) is 4.76. The highest BCUT2D eigenvalue weighted by molar-refractivity contribution is 6.04. The van der Waals surface area contributed by atoms with E-state index in [0.29, 0.717) is 12.2 Å². The lowest BCUT2D eigenvalue weighted by Gasteiger charge is -2.03.